The van der Waals surface area contributed by atoms with Crippen molar-refractivity contribution in [3.63, 3.8) is 0 Å². The molecule has 24 heavy (non-hydrogen) atoms. The average Bonchev–Trinajstić information content (AvgIpc) is 2.98. The van der Waals surface area contributed by atoms with Gasteiger partial charge in [0.2, 0.25) is 5.91 Å². The fourth-order valence-electron chi connectivity index (χ4n) is 3.27. The van der Waals surface area contributed by atoms with Crippen LogP contribution in [0.3, 0.4) is 0 Å². The summed E-state index contributed by atoms with van der Waals surface area (Å²) >= 11 is 5.73. The summed E-state index contributed by atoms with van der Waals surface area (Å²) in [5.74, 6) is -0.601. The maximum atomic E-state index is 13.9. The van der Waals surface area contributed by atoms with E-state index in [1.54, 1.807) is 4.90 Å². The fraction of sp³-hybridized carbons (Fsp3) is 0.529. The van der Waals surface area contributed by atoms with E-state index in [1.807, 2.05) is 0 Å². The lowest BCUT2D eigenvalue weighted by Crippen LogP contribution is -2.49. The molecule has 1 aromatic rings. The topological polar surface area (TPSA) is 52.7 Å². The number of benzene rings is 1. The van der Waals surface area contributed by atoms with Gasteiger partial charge >= 0.3 is 0 Å². The number of hydrogen-bond donors (Lipinski definition) is 1. The van der Waals surface area contributed by atoms with E-state index >= 15 is 0 Å². The molecule has 2 aliphatic rings. The summed E-state index contributed by atoms with van der Waals surface area (Å²) in [4.78, 5) is 27.9. The number of halogens is 2. The van der Waals surface area contributed by atoms with Crippen molar-refractivity contribution >= 4 is 23.4 Å². The predicted molar refractivity (Wildman–Crippen MR) is 89.5 cm³/mol. The minimum Gasteiger partial charge on any atom is -0.356 e. The molecule has 0 spiro atoms. The molecule has 0 bridgehead atoms. The molecule has 1 aromatic carbocycles. The first-order chi connectivity index (χ1) is 11.5. The highest BCUT2D eigenvalue weighted by molar-refractivity contribution is 6.30. The molecule has 2 amide bonds. The summed E-state index contributed by atoms with van der Waals surface area (Å²) in [6.45, 7) is 4.26. The minimum atomic E-state index is -0.581. The molecule has 0 saturated carbocycles. The molecule has 1 unspecified atom stereocenters. The van der Waals surface area contributed by atoms with Crippen LogP contribution in [0.2, 0.25) is 5.02 Å². The molecule has 7 heteroatoms. The summed E-state index contributed by atoms with van der Waals surface area (Å²) < 4.78 is 13.9. The number of carbonyl (C=O) groups is 2. The van der Waals surface area contributed by atoms with E-state index in [1.165, 1.54) is 12.1 Å². The lowest BCUT2D eigenvalue weighted by atomic mass is 10.0. The molecular formula is C17H21ClFN3O2. The number of nitrogens with one attached hydrogen (secondary N) is 1. The van der Waals surface area contributed by atoms with Gasteiger partial charge in [0, 0.05) is 43.7 Å². The summed E-state index contributed by atoms with van der Waals surface area (Å²) in [5, 5.41) is 3.13. The second-order valence-corrected chi connectivity index (χ2v) is 6.76. The van der Waals surface area contributed by atoms with Crippen LogP contribution in [0, 0.1) is 11.7 Å². The number of carbonyl (C=O) groups excluding carboxylic acids is 2. The van der Waals surface area contributed by atoms with Gasteiger partial charge in [0.05, 0.1) is 5.56 Å². The first-order valence-electron chi connectivity index (χ1n) is 8.29. The Hall–Kier alpha value is -1.66. The Balaban J connectivity index is 1.49. The van der Waals surface area contributed by atoms with Gasteiger partial charge in [0.15, 0.2) is 0 Å². The number of rotatable bonds is 4. The lowest BCUT2D eigenvalue weighted by Gasteiger charge is -2.35. The normalized spacial score (nSPS) is 21.8. The number of amides is 2. The van der Waals surface area contributed by atoms with E-state index < -0.39 is 5.82 Å². The maximum absolute atomic E-state index is 13.9. The Morgan fingerprint density at radius 1 is 1.29 bits per heavy atom. The van der Waals surface area contributed by atoms with Crippen LogP contribution in [0.5, 0.6) is 0 Å². The van der Waals surface area contributed by atoms with Crippen LogP contribution in [-0.2, 0) is 4.79 Å². The number of nitrogens with zero attached hydrogens (tertiary/aromatic N) is 2. The Labute approximate surface area is 145 Å². The summed E-state index contributed by atoms with van der Waals surface area (Å²) in [6, 6.07) is 4.13. The highest BCUT2D eigenvalue weighted by Gasteiger charge is 2.27. The van der Waals surface area contributed by atoms with Gasteiger partial charge in [0.1, 0.15) is 5.82 Å². The second-order valence-electron chi connectivity index (χ2n) is 6.32. The maximum Gasteiger partial charge on any atom is 0.256 e. The third kappa shape index (κ3) is 3.87. The van der Waals surface area contributed by atoms with Crippen LogP contribution in [0.25, 0.3) is 0 Å². The monoisotopic (exact) mass is 353 g/mol. The van der Waals surface area contributed by atoms with Crippen molar-refractivity contribution in [2.45, 2.75) is 12.8 Å². The van der Waals surface area contributed by atoms with Crippen molar-refractivity contribution in [1.29, 1.82) is 0 Å². The average molecular weight is 354 g/mol. The van der Waals surface area contributed by atoms with Gasteiger partial charge in [-0.1, -0.05) is 11.6 Å². The van der Waals surface area contributed by atoms with E-state index in [0.29, 0.717) is 13.1 Å². The molecule has 1 N–H and O–H groups in total. The van der Waals surface area contributed by atoms with E-state index in [4.69, 9.17) is 11.6 Å². The smallest absolute Gasteiger partial charge is 0.256 e. The van der Waals surface area contributed by atoms with Crippen molar-refractivity contribution in [2.24, 2.45) is 5.92 Å². The van der Waals surface area contributed by atoms with Gasteiger partial charge in [0.25, 0.3) is 5.91 Å². The van der Waals surface area contributed by atoms with Crippen LogP contribution in [0.1, 0.15) is 23.2 Å². The summed E-state index contributed by atoms with van der Waals surface area (Å²) in [7, 11) is 0. The number of piperazine rings is 1. The Morgan fingerprint density at radius 3 is 2.67 bits per heavy atom. The van der Waals surface area contributed by atoms with Crippen LogP contribution in [0.15, 0.2) is 18.2 Å². The molecular weight excluding hydrogens is 333 g/mol. The lowest BCUT2D eigenvalue weighted by molar-refractivity contribution is -0.122. The summed E-state index contributed by atoms with van der Waals surface area (Å²) in [5.41, 5.74) is 0.0653. The molecule has 0 aliphatic carbocycles. The first-order valence-corrected chi connectivity index (χ1v) is 8.67. The van der Waals surface area contributed by atoms with Gasteiger partial charge in [-0.15, -0.1) is 0 Å². The molecule has 0 radical (unpaired) electrons. The molecule has 0 aromatic heterocycles. The van der Waals surface area contributed by atoms with E-state index in [9.17, 15) is 14.0 Å². The Kier molecular flexibility index (Phi) is 5.36. The Morgan fingerprint density at radius 2 is 2.04 bits per heavy atom. The van der Waals surface area contributed by atoms with Crippen LogP contribution in [0.4, 0.5) is 4.39 Å². The molecule has 1 atom stereocenters. The minimum absolute atomic E-state index is 0.0653. The third-order valence-corrected chi connectivity index (χ3v) is 5.01. The van der Waals surface area contributed by atoms with Gasteiger partial charge in [-0.3, -0.25) is 14.5 Å². The largest absolute Gasteiger partial charge is 0.356 e. The zero-order valence-electron chi connectivity index (χ0n) is 13.4. The van der Waals surface area contributed by atoms with Crippen molar-refractivity contribution in [1.82, 2.24) is 15.1 Å². The highest BCUT2D eigenvalue weighted by atomic mass is 35.5. The van der Waals surface area contributed by atoms with E-state index in [-0.39, 0.29) is 28.3 Å². The van der Waals surface area contributed by atoms with Gasteiger partial charge < -0.3 is 10.2 Å². The van der Waals surface area contributed by atoms with Crippen LogP contribution in [-0.4, -0.2) is 60.9 Å². The summed E-state index contributed by atoms with van der Waals surface area (Å²) in [6.07, 6.45) is 1.76. The zero-order chi connectivity index (χ0) is 17.1. The first kappa shape index (κ1) is 17.2. The quantitative estimate of drug-likeness (QED) is 0.897. The van der Waals surface area contributed by atoms with Crippen LogP contribution >= 0.6 is 11.6 Å². The molecule has 130 valence electrons. The van der Waals surface area contributed by atoms with Crippen molar-refractivity contribution in [3.05, 3.63) is 34.6 Å². The molecule has 5 nitrogen and oxygen atoms in total. The third-order valence-electron chi connectivity index (χ3n) is 4.78. The second kappa shape index (κ2) is 7.49. The van der Waals surface area contributed by atoms with Crippen molar-refractivity contribution in [3.8, 4) is 0 Å². The van der Waals surface area contributed by atoms with Crippen LogP contribution < -0.4 is 5.32 Å². The van der Waals surface area contributed by atoms with Gasteiger partial charge in [-0.25, -0.2) is 4.39 Å². The zero-order valence-corrected chi connectivity index (χ0v) is 14.2. The van der Waals surface area contributed by atoms with Gasteiger partial charge in [-0.2, -0.15) is 0 Å². The predicted octanol–water partition coefficient (Wildman–Crippen LogP) is 1.76. The number of hydrogen-bond acceptors (Lipinski definition) is 3. The molecule has 2 heterocycles. The van der Waals surface area contributed by atoms with E-state index in [2.05, 4.69) is 10.2 Å². The standard InChI is InChI=1S/C17H21ClFN3O2/c18-13-1-2-14(15(19)11-13)17(24)22-9-7-21(8-10-22)6-4-12-3-5-20-16(12)23/h1-2,11-12H,3-10H2,(H,20,23). The fourth-order valence-corrected chi connectivity index (χ4v) is 3.43. The highest BCUT2D eigenvalue weighted by Crippen LogP contribution is 2.18. The van der Waals surface area contributed by atoms with E-state index in [0.717, 1.165) is 45.1 Å². The SMILES string of the molecule is O=C1NCCC1CCN1CCN(C(=O)c2ccc(Cl)cc2F)CC1. The molecule has 2 aliphatic heterocycles. The Bertz CT molecular complexity index is 632. The molecule has 3 rings (SSSR count). The molecule has 2 saturated heterocycles. The molecule has 2 fully saturated rings. The van der Waals surface area contributed by atoms with Crippen molar-refractivity contribution < 1.29 is 14.0 Å². The van der Waals surface area contributed by atoms with Gasteiger partial charge in [-0.05, 0) is 37.6 Å². The van der Waals surface area contributed by atoms with Crippen molar-refractivity contribution in [2.75, 3.05) is 39.3 Å².